The molecule has 2 nitrogen and oxygen atoms in total. The summed E-state index contributed by atoms with van der Waals surface area (Å²) in [5.41, 5.74) is 9.41. The first-order valence-electron chi connectivity index (χ1n) is 4.93. The molecular weight excluding hydrogens is 204 g/mol. The van der Waals surface area contributed by atoms with Crippen molar-refractivity contribution in [2.45, 2.75) is 20.4 Å². The summed E-state index contributed by atoms with van der Waals surface area (Å²) in [6, 6.07) is 6.30. The van der Waals surface area contributed by atoms with Gasteiger partial charge in [0.1, 0.15) is 5.01 Å². The molecule has 0 bridgehead atoms. The molecule has 3 heteroatoms. The van der Waals surface area contributed by atoms with E-state index in [0.29, 0.717) is 6.54 Å². The Morgan fingerprint density at radius 2 is 2.13 bits per heavy atom. The summed E-state index contributed by atoms with van der Waals surface area (Å²) in [5.74, 6) is 0. The molecule has 2 rings (SSSR count). The van der Waals surface area contributed by atoms with Gasteiger partial charge in [-0.25, -0.2) is 4.98 Å². The van der Waals surface area contributed by atoms with Crippen LogP contribution in [0.1, 0.15) is 16.0 Å². The largest absolute Gasteiger partial charge is 0.326 e. The van der Waals surface area contributed by atoms with E-state index < -0.39 is 0 Å². The Morgan fingerprint density at radius 1 is 1.33 bits per heavy atom. The maximum Gasteiger partial charge on any atom is 0.123 e. The second-order valence-corrected chi connectivity index (χ2v) is 4.70. The Balaban J connectivity index is 2.49. The van der Waals surface area contributed by atoms with E-state index >= 15 is 0 Å². The highest BCUT2D eigenvalue weighted by atomic mass is 32.1. The van der Waals surface area contributed by atoms with Crippen LogP contribution in [0, 0.1) is 13.8 Å². The molecule has 1 aromatic heterocycles. The van der Waals surface area contributed by atoms with Crippen molar-refractivity contribution < 1.29 is 0 Å². The van der Waals surface area contributed by atoms with Crippen molar-refractivity contribution >= 4 is 11.3 Å². The molecule has 15 heavy (non-hydrogen) atoms. The molecule has 0 amide bonds. The van der Waals surface area contributed by atoms with Gasteiger partial charge in [-0.3, -0.25) is 0 Å². The maximum atomic E-state index is 5.58. The van der Waals surface area contributed by atoms with Crippen molar-refractivity contribution in [2.24, 2.45) is 5.73 Å². The monoisotopic (exact) mass is 218 g/mol. The second-order valence-electron chi connectivity index (χ2n) is 3.58. The maximum absolute atomic E-state index is 5.58. The fraction of sp³-hybridized carbons (Fsp3) is 0.250. The summed E-state index contributed by atoms with van der Waals surface area (Å²) in [6.45, 7) is 4.83. The molecule has 0 atom stereocenters. The van der Waals surface area contributed by atoms with Crippen LogP contribution in [-0.2, 0) is 6.54 Å². The van der Waals surface area contributed by atoms with Crippen molar-refractivity contribution in [1.82, 2.24) is 4.98 Å². The average molecular weight is 218 g/mol. The summed E-state index contributed by atoms with van der Waals surface area (Å²) < 4.78 is 0. The number of rotatable bonds is 2. The van der Waals surface area contributed by atoms with Crippen LogP contribution < -0.4 is 5.73 Å². The Hall–Kier alpha value is -1.19. The highest BCUT2D eigenvalue weighted by Crippen LogP contribution is 2.28. The van der Waals surface area contributed by atoms with Crippen LogP contribution in [0.2, 0.25) is 0 Å². The molecule has 0 aliphatic carbocycles. The molecule has 0 aliphatic heterocycles. The van der Waals surface area contributed by atoms with Crippen LogP contribution in [0.4, 0.5) is 0 Å². The molecule has 0 saturated carbocycles. The number of aromatic nitrogens is 1. The van der Waals surface area contributed by atoms with Gasteiger partial charge in [-0.05, 0) is 25.0 Å². The van der Waals surface area contributed by atoms with E-state index in [1.165, 1.54) is 16.7 Å². The molecular formula is C12H14N2S. The van der Waals surface area contributed by atoms with Crippen molar-refractivity contribution in [1.29, 1.82) is 0 Å². The number of hydrogen-bond acceptors (Lipinski definition) is 3. The zero-order valence-electron chi connectivity index (χ0n) is 8.95. The standard InChI is InChI=1S/C12H14N2S/c1-8-4-3-5-11(9(8)2)12-14-7-10(6-13)15-12/h3-5,7H,6,13H2,1-2H3. The fourth-order valence-electron chi connectivity index (χ4n) is 1.51. The lowest BCUT2D eigenvalue weighted by Gasteiger charge is -2.04. The third-order valence-corrected chi connectivity index (χ3v) is 3.64. The molecule has 1 heterocycles. The van der Waals surface area contributed by atoms with Gasteiger partial charge in [0.15, 0.2) is 0 Å². The van der Waals surface area contributed by atoms with Crippen LogP contribution >= 0.6 is 11.3 Å². The van der Waals surface area contributed by atoms with Gasteiger partial charge in [-0.2, -0.15) is 0 Å². The summed E-state index contributed by atoms with van der Waals surface area (Å²) in [6.07, 6.45) is 1.86. The van der Waals surface area contributed by atoms with E-state index in [1.54, 1.807) is 11.3 Å². The van der Waals surface area contributed by atoms with Gasteiger partial charge >= 0.3 is 0 Å². The zero-order valence-corrected chi connectivity index (χ0v) is 9.77. The van der Waals surface area contributed by atoms with E-state index in [9.17, 15) is 0 Å². The Bertz CT molecular complexity index is 474. The lowest BCUT2D eigenvalue weighted by molar-refractivity contribution is 1.10. The molecule has 78 valence electrons. The second kappa shape index (κ2) is 4.13. The van der Waals surface area contributed by atoms with Crippen LogP contribution in [0.3, 0.4) is 0 Å². The van der Waals surface area contributed by atoms with E-state index in [0.717, 1.165) is 9.88 Å². The number of thiazole rings is 1. The van der Waals surface area contributed by atoms with E-state index in [-0.39, 0.29) is 0 Å². The first kappa shape index (κ1) is 10.3. The van der Waals surface area contributed by atoms with Gasteiger partial charge in [0.25, 0.3) is 0 Å². The van der Waals surface area contributed by atoms with Crippen LogP contribution in [0.25, 0.3) is 10.6 Å². The van der Waals surface area contributed by atoms with Crippen LogP contribution in [-0.4, -0.2) is 4.98 Å². The minimum absolute atomic E-state index is 0.572. The summed E-state index contributed by atoms with van der Waals surface area (Å²) in [4.78, 5) is 5.53. The quantitative estimate of drug-likeness (QED) is 0.841. The molecule has 0 fully saturated rings. The molecule has 0 aliphatic rings. The topological polar surface area (TPSA) is 38.9 Å². The van der Waals surface area contributed by atoms with Gasteiger partial charge in [0, 0.05) is 23.2 Å². The fourth-order valence-corrected chi connectivity index (χ4v) is 2.38. The summed E-state index contributed by atoms with van der Waals surface area (Å²) >= 11 is 1.67. The molecule has 0 spiro atoms. The van der Waals surface area contributed by atoms with Gasteiger partial charge in [-0.1, -0.05) is 18.2 Å². The number of benzene rings is 1. The number of hydrogen-bond donors (Lipinski definition) is 1. The lowest BCUT2D eigenvalue weighted by Crippen LogP contribution is -1.91. The highest BCUT2D eigenvalue weighted by Gasteiger charge is 2.07. The van der Waals surface area contributed by atoms with Gasteiger partial charge in [0.05, 0.1) is 0 Å². The van der Waals surface area contributed by atoms with Gasteiger partial charge < -0.3 is 5.73 Å². The Morgan fingerprint density at radius 3 is 2.80 bits per heavy atom. The first-order chi connectivity index (χ1) is 7.22. The first-order valence-corrected chi connectivity index (χ1v) is 5.75. The third-order valence-electron chi connectivity index (χ3n) is 2.59. The van der Waals surface area contributed by atoms with Gasteiger partial charge in [-0.15, -0.1) is 11.3 Å². The molecule has 0 radical (unpaired) electrons. The normalized spacial score (nSPS) is 10.6. The molecule has 0 unspecified atom stereocenters. The molecule has 2 N–H and O–H groups in total. The van der Waals surface area contributed by atoms with Crippen molar-refractivity contribution in [3.05, 3.63) is 40.4 Å². The minimum Gasteiger partial charge on any atom is -0.326 e. The highest BCUT2D eigenvalue weighted by molar-refractivity contribution is 7.15. The number of nitrogens with two attached hydrogens (primary N) is 1. The number of aryl methyl sites for hydroxylation is 1. The van der Waals surface area contributed by atoms with Crippen molar-refractivity contribution in [2.75, 3.05) is 0 Å². The summed E-state index contributed by atoms with van der Waals surface area (Å²) in [7, 11) is 0. The van der Waals surface area contributed by atoms with Gasteiger partial charge in [0.2, 0.25) is 0 Å². The molecule has 2 aromatic rings. The van der Waals surface area contributed by atoms with Crippen molar-refractivity contribution in [3.8, 4) is 10.6 Å². The molecule has 1 aromatic carbocycles. The van der Waals surface area contributed by atoms with E-state index in [2.05, 4.69) is 37.0 Å². The van der Waals surface area contributed by atoms with Crippen LogP contribution in [0.5, 0.6) is 0 Å². The Labute approximate surface area is 93.8 Å². The average Bonchev–Trinajstić information content (AvgIpc) is 2.70. The lowest BCUT2D eigenvalue weighted by atomic mass is 10.0. The van der Waals surface area contributed by atoms with E-state index in [4.69, 9.17) is 5.73 Å². The summed E-state index contributed by atoms with van der Waals surface area (Å²) in [5, 5.41) is 1.07. The third kappa shape index (κ3) is 1.94. The minimum atomic E-state index is 0.572. The SMILES string of the molecule is Cc1cccc(-c2ncc(CN)s2)c1C. The predicted octanol–water partition coefficient (Wildman–Crippen LogP) is 2.89. The van der Waals surface area contributed by atoms with Crippen molar-refractivity contribution in [3.63, 3.8) is 0 Å². The Kier molecular flexibility index (Phi) is 2.84. The number of nitrogens with zero attached hydrogens (tertiary/aromatic N) is 1. The van der Waals surface area contributed by atoms with Crippen LogP contribution in [0.15, 0.2) is 24.4 Å². The van der Waals surface area contributed by atoms with E-state index in [1.807, 2.05) is 6.20 Å². The predicted molar refractivity (Wildman–Crippen MR) is 64.9 cm³/mol. The molecule has 0 saturated heterocycles. The smallest absolute Gasteiger partial charge is 0.123 e. The zero-order chi connectivity index (χ0) is 10.8.